The predicted molar refractivity (Wildman–Crippen MR) is 79.9 cm³/mol. The summed E-state index contributed by atoms with van der Waals surface area (Å²) in [5.74, 6) is 0.427. The van der Waals surface area contributed by atoms with Crippen LogP contribution < -0.4 is 0 Å². The quantitative estimate of drug-likeness (QED) is 0.679. The normalized spacial score (nSPS) is 19.5. The van der Waals surface area contributed by atoms with Crippen LogP contribution in [0.3, 0.4) is 0 Å². The average Bonchev–Trinajstić information content (AvgIpc) is 2.83. The summed E-state index contributed by atoms with van der Waals surface area (Å²) in [6, 6.07) is 19.5. The molecule has 90 valence electrons. The largest absolute Gasteiger partial charge is 0.0726 e. The van der Waals surface area contributed by atoms with Gasteiger partial charge in [-0.2, -0.15) is 0 Å². The predicted octanol–water partition coefficient (Wildman–Crippen LogP) is 4.71. The van der Waals surface area contributed by atoms with E-state index in [1.807, 2.05) is 0 Å². The summed E-state index contributed by atoms with van der Waals surface area (Å²) >= 11 is 0. The van der Waals surface area contributed by atoms with Crippen molar-refractivity contribution < 1.29 is 0 Å². The average molecular weight is 242 g/mol. The Morgan fingerprint density at radius 1 is 0.737 bits per heavy atom. The van der Waals surface area contributed by atoms with E-state index in [1.165, 1.54) is 27.8 Å². The zero-order chi connectivity index (χ0) is 12.7. The highest BCUT2D eigenvalue weighted by Gasteiger charge is 2.29. The van der Waals surface area contributed by atoms with Crippen molar-refractivity contribution in [3.05, 3.63) is 101 Å². The molecule has 0 heteroatoms. The SMILES string of the molecule is C1=CC2=C(c3ccccc3)c3ccccc3C2C=C1. The zero-order valence-electron chi connectivity index (χ0n) is 10.6. The first-order chi connectivity index (χ1) is 9.45. The fourth-order valence-corrected chi connectivity index (χ4v) is 3.13. The first kappa shape index (κ1) is 10.6. The van der Waals surface area contributed by atoms with Crippen LogP contribution in [0.5, 0.6) is 0 Å². The van der Waals surface area contributed by atoms with Gasteiger partial charge in [0.25, 0.3) is 0 Å². The molecule has 2 aliphatic carbocycles. The molecule has 2 aromatic carbocycles. The first-order valence-electron chi connectivity index (χ1n) is 6.69. The van der Waals surface area contributed by atoms with Gasteiger partial charge < -0.3 is 0 Å². The van der Waals surface area contributed by atoms with Gasteiger partial charge >= 0.3 is 0 Å². The van der Waals surface area contributed by atoms with Crippen LogP contribution in [0.1, 0.15) is 22.6 Å². The number of hydrogen-bond donors (Lipinski definition) is 0. The molecular formula is C19H14. The molecule has 0 heterocycles. The van der Waals surface area contributed by atoms with E-state index in [-0.39, 0.29) is 0 Å². The standard InChI is InChI=1S/C19H14/c1-2-8-14(9-3-1)19-17-12-6-4-10-15(17)16-11-5-7-13-18(16)19/h1-13,15H. The summed E-state index contributed by atoms with van der Waals surface area (Å²) in [5, 5.41) is 0. The van der Waals surface area contributed by atoms with Crippen molar-refractivity contribution in [2.24, 2.45) is 0 Å². The maximum absolute atomic E-state index is 2.30. The highest BCUT2D eigenvalue weighted by molar-refractivity contribution is 5.91. The minimum absolute atomic E-state index is 0.427. The van der Waals surface area contributed by atoms with Crippen LogP contribution in [0.2, 0.25) is 0 Å². The fraction of sp³-hybridized carbons (Fsp3) is 0.0526. The minimum atomic E-state index is 0.427. The van der Waals surface area contributed by atoms with Crippen molar-refractivity contribution in [1.82, 2.24) is 0 Å². The van der Waals surface area contributed by atoms with Crippen molar-refractivity contribution in [1.29, 1.82) is 0 Å². The van der Waals surface area contributed by atoms with E-state index in [1.54, 1.807) is 0 Å². The summed E-state index contributed by atoms with van der Waals surface area (Å²) in [5.41, 5.74) is 6.94. The topological polar surface area (TPSA) is 0 Å². The van der Waals surface area contributed by atoms with Crippen LogP contribution in [-0.4, -0.2) is 0 Å². The number of allylic oxidation sites excluding steroid dienone is 5. The van der Waals surface area contributed by atoms with Gasteiger partial charge in [-0.1, -0.05) is 78.9 Å². The van der Waals surface area contributed by atoms with E-state index in [0.717, 1.165) is 0 Å². The number of benzene rings is 2. The molecule has 1 unspecified atom stereocenters. The number of fused-ring (bicyclic) bond motifs is 3. The smallest absolute Gasteiger partial charge is 0.0285 e. The van der Waals surface area contributed by atoms with Crippen LogP contribution in [0.15, 0.2) is 84.5 Å². The van der Waals surface area contributed by atoms with Crippen LogP contribution in [0.4, 0.5) is 0 Å². The molecule has 2 aliphatic rings. The second-order valence-corrected chi connectivity index (χ2v) is 5.01. The molecule has 0 aromatic heterocycles. The molecular weight excluding hydrogens is 228 g/mol. The fourth-order valence-electron chi connectivity index (χ4n) is 3.13. The van der Waals surface area contributed by atoms with Crippen molar-refractivity contribution in [2.45, 2.75) is 5.92 Å². The number of rotatable bonds is 1. The number of hydrogen-bond acceptors (Lipinski definition) is 0. The molecule has 0 N–H and O–H groups in total. The summed E-state index contributed by atoms with van der Waals surface area (Å²) < 4.78 is 0. The van der Waals surface area contributed by atoms with Gasteiger partial charge in [-0.15, -0.1) is 0 Å². The van der Waals surface area contributed by atoms with Gasteiger partial charge in [0, 0.05) is 5.92 Å². The molecule has 0 fully saturated rings. The lowest BCUT2D eigenvalue weighted by Crippen LogP contribution is -1.95. The van der Waals surface area contributed by atoms with Gasteiger partial charge in [0.15, 0.2) is 0 Å². The Morgan fingerprint density at radius 3 is 2.42 bits per heavy atom. The molecule has 0 saturated heterocycles. The van der Waals surface area contributed by atoms with E-state index in [4.69, 9.17) is 0 Å². The van der Waals surface area contributed by atoms with Crippen molar-refractivity contribution in [2.75, 3.05) is 0 Å². The third-order valence-electron chi connectivity index (χ3n) is 3.94. The van der Waals surface area contributed by atoms with Gasteiger partial charge in [-0.25, -0.2) is 0 Å². The van der Waals surface area contributed by atoms with Crippen LogP contribution in [-0.2, 0) is 0 Å². The van der Waals surface area contributed by atoms with Gasteiger partial charge in [-0.05, 0) is 27.8 Å². The molecule has 4 rings (SSSR count). The Kier molecular flexibility index (Phi) is 2.28. The van der Waals surface area contributed by atoms with Crippen molar-refractivity contribution >= 4 is 5.57 Å². The maximum atomic E-state index is 2.30. The molecule has 0 saturated carbocycles. The third kappa shape index (κ3) is 1.53. The van der Waals surface area contributed by atoms with Crippen LogP contribution in [0.25, 0.3) is 5.57 Å². The van der Waals surface area contributed by atoms with E-state index < -0.39 is 0 Å². The molecule has 0 aliphatic heterocycles. The molecule has 19 heavy (non-hydrogen) atoms. The molecule has 1 atom stereocenters. The molecule has 0 amide bonds. The van der Waals surface area contributed by atoms with E-state index in [0.29, 0.717) is 5.92 Å². The Morgan fingerprint density at radius 2 is 1.53 bits per heavy atom. The Labute approximate surface area is 113 Å². The monoisotopic (exact) mass is 242 g/mol. The Bertz CT molecular complexity index is 715. The lowest BCUT2D eigenvalue weighted by atomic mass is 9.92. The molecule has 2 aromatic rings. The lowest BCUT2D eigenvalue weighted by molar-refractivity contribution is 1.05. The zero-order valence-corrected chi connectivity index (χ0v) is 10.6. The van der Waals surface area contributed by atoms with Crippen molar-refractivity contribution in [3.63, 3.8) is 0 Å². The second-order valence-electron chi connectivity index (χ2n) is 5.01. The summed E-state index contributed by atoms with van der Waals surface area (Å²) in [6.45, 7) is 0. The Balaban J connectivity index is 2.02. The molecule has 0 spiro atoms. The first-order valence-corrected chi connectivity index (χ1v) is 6.69. The minimum Gasteiger partial charge on any atom is -0.0726 e. The molecule has 0 radical (unpaired) electrons. The Hall–Kier alpha value is -2.34. The van der Waals surface area contributed by atoms with E-state index >= 15 is 0 Å². The summed E-state index contributed by atoms with van der Waals surface area (Å²) in [6.07, 6.45) is 8.84. The summed E-state index contributed by atoms with van der Waals surface area (Å²) in [4.78, 5) is 0. The molecule has 0 nitrogen and oxygen atoms in total. The van der Waals surface area contributed by atoms with Crippen LogP contribution in [0, 0.1) is 0 Å². The van der Waals surface area contributed by atoms with Crippen molar-refractivity contribution in [3.8, 4) is 0 Å². The van der Waals surface area contributed by atoms with Crippen LogP contribution >= 0.6 is 0 Å². The van der Waals surface area contributed by atoms with Gasteiger partial charge in [0.2, 0.25) is 0 Å². The van der Waals surface area contributed by atoms with E-state index in [9.17, 15) is 0 Å². The van der Waals surface area contributed by atoms with E-state index in [2.05, 4.69) is 78.9 Å². The third-order valence-corrected chi connectivity index (χ3v) is 3.94. The second kappa shape index (κ2) is 4.10. The van der Waals surface area contributed by atoms with Gasteiger partial charge in [0.05, 0.1) is 0 Å². The summed E-state index contributed by atoms with van der Waals surface area (Å²) in [7, 11) is 0. The van der Waals surface area contributed by atoms with Gasteiger partial charge in [-0.3, -0.25) is 0 Å². The lowest BCUT2D eigenvalue weighted by Gasteiger charge is -2.12. The highest BCUT2D eigenvalue weighted by Crippen LogP contribution is 2.47. The highest BCUT2D eigenvalue weighted by atomic mass is 14.3. The molecule has 0 bridgehead atoms. The van der Waals surface area contributed by atoms with Gasteiger partial charge in [0.1, 0.15) is 0 Å². The maximum Gasteiger partial charge on any atom is 0.0285 e.